The molecule has 0 atom stereocenters. The first-order valence-electron chi connectivity index (χ1n) is 10.6. The molecule has 35 heavy (non-hydrogen) atoms. The second-order valence-corrected chi connectivity index (χ2v) is 7.72. The van der Waals surface area contributed by atoms with Gasteiger partial charge in [0.15, 0.2) is 5.69 Å². The number of carbonyl (C=O) groups is 2. The number of nitrogens with zero attached hydrogens (tertiary/aromatic N) is 3. The third kappa shape index (κ3) is 7.81. The van der Waals surface area contributed by atoms with Crippen LogP contribution in [0.2, 0.25) is 0 Å². The fraction of sp³-hybridized carbons (Fsp3) is 0.304. The highest BCUT2D eigenvalue weighted by Crippen LogP contribution is 2.21. The quantitative estimate of drug-likeness (QED) is 0.465. The molecule has 0 bridgehead atoms. The Hall–Kier alpha value is -3.93. The Morgan fingerprint density at radius 3 is 2.29 bits per heavy atom. The molecule has 3 aromatic rings. The lowest BCUT2D eigenvalue weighted by atomic mass is 10.0. The van der Waals surface area contributed by atoms with E-state index < -0.39 is 18.1 Å². The average molecular weight is 492 g/mol. The highest BCUT2D eigenvalue weighted by atomic mass is 19.4. The number of halogens is 3. The molecule has 0 amide bonds. The summed E-state index contributed by atoms with van der Waals surface area (Å²) in [4.78, 5) is 31.0. The number of hydrogen-bond donors (Lipinski definition) is 3. The molecule has 1 aliphatic heterocycles. The summed E-state index contributed by atoms with van der Waals surface area (Å²) >= 11 is 0. The Kier molecular flexibility index (Phi) is 8.42. The molecule has 186 valence electrons. The van der Waals surface area contributed by atoms with Crippen molar-refractivity contribution in [3.05, 3.63) is 66.2 Å². The zero-order chi connectivity index (χ0) is 25.4. The van der Waals surface area contributed by atoms with Crippen LogP contribution in [0.5, 0.6) is 0 Å². The van der Waals surface area contributed by atoms with Gasteiger partial charge in [0.05, 0.1) is 5.69 Å². The van der Waals surface area contributed by atoms with Crippen LogP contribution in [0.3, 0.4) is 0 Å². The first kappa shape index (κ1) is 25.7. The van der Waals surface area contributed by atoms with E-state index in [4.69, 9.17) is 19.4 Å². The van der Waals surface area contributed by atoms with Gasteiger partial charge in [-0.3, -0.25) is 4.90 Å². The van der Waals surface area contributed by atoms with Crippen LogP contribution in [-0.4, -0.2) is 62.3 Å². The molecule has 0 radical (unpaired) electrons. The summed E-state index contributed by atoms with van der Waals surface area (Å²) in [6.07, 6.45) is -1.43. The van der Waals surface area contributed by atoms with Crippen LogP contribution in [0.25, 0.3) is 11.5 Å². The van der Waals surface area contributed by atoms with Crippen molar-refractivity contribution in [3.63, 3.8) is 0 Å². The number of anilines is 1. The smallest absolute Gasteiger partial charge is 0.477 e. The molecule has 4 rings (SSSR count). The van der Waals surface area contributed by atoms with Crippen molar-refractivity contribution >= 4 is 17.8 Å². The average Bonchev–Trinajstić information content (AvgIpc) is 3.29. The summed E-state index contributed by atoms with van der Waals surface area (Å²) in [5.74, 6) is -2.51. The van der Waals surface area contributed by atoms with Crippen molar-refractivity contribution in [2.24, 2.45) is 0 Å². The van der Waals surface area contributed by atoms with E-state index in [1.807, 2.05) is 30.3 Å². The van der Waals surface area contributed by atoms with Crippen LogP contribution < -0.4 is 5.32 Å². The number of hydrogen-bond acceptors (Lipinski definition) is 7. The fourth-order valence-electron chi connectivity index (χ4n) is 3.40. The van der Waals surface area contributed by atoms with E-state index in [9.17, 15) is 18.0 Å². The molecule has 2 aromatic heterocycles. The minimum Gasteiger partial charge on any atom is -0.477 e. The number of aromatic nitrogens is 2. The minimum absolute atomic E-state index is 0.0580. The number of aliphatic carboxylic acids is 1. The van der Waals surface area contributed by atoms with Crippen molar-refractivity contribution in [2.75, 3.05) is 18.4 Å². The Balaban J connectivity index is 0.000000429. The number of aromatic carboxylic acids is 1. The van der Waals surface area contributed by atoms with Crippen molar-refractivity contribution in [1.29, 1.82) is 0 Å². The Bertz CT molecular complexity index is 1130. The summed E-state index contributed by atoms with van der Waals surface area (Å²) in [7, 11) is 0. The summed E-state index contributed by atoms with van der Waals surface area (Å²) < 4.78 is 37.4. The molecule has 1 aliphatic rings. The third-order valence-electron chi connectivity index (χ3n) is 5.11. The van der Waals surface area contributed by atoms with E-state index in [2.05, 4.69) is 20.2 Å². The number of benzene rings is 1. The molecule has 1 fully saturated rings. The number of piperidine rings is 1. The predicted molar refractivity (Wildman–Crippen MR) is 119 cm³/mol. The van der Waals surface area contributed by atoms with E-state index in [1.165, 1.54) is 6.07 Å². The summed E-state index contributed by atoms with van der Waals surface area (Å²) in [6, 6.07) is 15.2. The lowest BCUT2D eigenvalue weighted by molar-refractivity contribution is -0.192. The summed E-state index contributed by atoms with van der Waals surface area (Å²) in [5.41, 5.74) is 1.97. The second kappa shape index (κ2) is 11.5. The van der Waals surface area contributed by atoms with Gasteiger partial charge in [-0.05, 0) is 37.1 Å². The number of carboxylic acid groups (broad SMARTS) is 2. The van der Waals surface area contributed by atoms with Crippen LogP contribution in [-0.2, 0) is 11.3 Å². The van der Waals surface area contributed by atoms with Gasteiger partial charge in [0.1, 0.15) is 12.1 Å². The number of rotatable bonds is 6. The number of likely N-dealkylation sites (tertiary alicyclic amines) is 1. The van der Waals surface area contributed by atoms with Gasteiger partial charge in [0, 0.05) is 31.2 Å². The zero-order valence-corrected chi connectivity index (χ0v) is 18.4. The second-order valence-electron chi connectivity index (χ2n) is 7.72. The Morgan fingerprint density at radius 2 is 1.69 bits per heavy atom. The zero-order valence-electron chi connectivity index (χ0n) is 18.4. The first-order valence-corrected chi connectivity index (χ1v) is 10.6. The maximum atomic E-state index is 11.0. The van der Waals surface area contributed by atoms with Crippen molar-refractivity contribution in [2.45, 2.75) is 31.6 Å². The normalized spacial score (nSPS) is 14.6. The van der Waals surface area contributed by atoms with E-state index in [1.54, 1.807) is 18.4 Å². The first-order chi connectivity index (χ1) is 16.6. The molecule has 9 nitrogen and oxygen atoms in total. The lowest BCUT2D eigenvalue weighted by Crippen LogP contribution is -2.38. The molecule has 1 aromatic carbocycles. The van der Waals surface area contributed by atoms with E-state index in [0.717, 1.165) is 43.7 Å². The van der Waals surface area contributed by atoms with Gasteiger partial charge in [0.2, 0.25) is 5.89 Å². The molecular weight excluding hydrogens is 469 g/mol. The molecule has 0 spiro atoms. The summed E-state index contributed by atoms with van der Waals surface area (Å²) in [6.45, 7) is 2.63. The molecule has 3 heterocycles. The van der Waals surface area contributed by atoms with E-state index >= 15 is 0 Å². The van der Waals surface area contributed by atoms with E-state index in [-0.39, 0.29) is 11.7 Å². The van der Waals surface area contributed by atoms with Crippen LogP contribution in [0, 0.1) is 0 Å². The van der Waals surface area contributed by atoms with Gasteiger partial charge in [-0.2, -0.15) is 13.2 Å². The molecule has 12 heteroatoms. The van der Waals surface area contributed by atoms with Gasteiger partial charge >= 0.3 is 18.1 Å². The van der Waals surface area contributed by atoms with Crippen molar-refractivity contribution < 1.29 is 37.4 Å². The number of oxazole rings is 1. The highest BCUT2D eigenvalue weighted by molar-refractivity contribution is 5.85. The van der Waals surface area contributed by atoms with Gasteiger partial charge in [-0.25, -0.2) is 19.6 Å². The topological polar surface area (TPSA) is 129 Å². The molecule has 0 unspecified atom stereocenters. The lowest BCUT2D eigenvalue weighted by Gasteiger charge is -2.32. The Morgan fingerprint density at radius 1 is 1.03 bits per heavy atom. The molecule has 1 saturated heterocycles. The standard InChI is InChI=1S/C21H22N4O3.C2HF3O2/c26-21(27)18-7-4-8-19(24-18)22-16-9-11-25(12-10-16)13-17-14-28-20(23-17)15-5-2-1-3-6-15;3-2(4,5)1(6)7/h1-8,14,16H,9-13H2,(H,22,24)(H,26,27);(H,6,7). The summed E-state index contributed by atoms with van der Waals surface area (Å²) in [5, 5.41) is 19.5. The number of carboxylic acids is 2. The maximum Gasteiger partial charge on any atom is 0.490 e. The van der Waals surface area contributed by atoms with Crippen LogP contribution in [0.4, 0.5) is 19.0 Å². The van der Waals surface area contributed by atoms with Crippen LogP contribution in [0.1, 0.15) is 29.0 Å². The molecule has 0 aliphatic carbocycles. The maximum absolute atomic E-state index is 11.0. The number of nitrogens with one attached hydrogen (secondary N) is 1. The minimum atomic E-state index is -5.08. The van der Waals surface area contributed by atoms with E-state index in [0.29, 0.717) is 11.7 Å². The number of alkyl halides is 3. The predicted octanol–water partition coefficient (Wildman–Crippen LogP) is 4.14. The van der Waals surface area contributed by atoms with Crippen LogP contribution >= 0.6 is 0 Å². The molecule has 0 saturated carbocycles. The number of pyridine rings is 1. The van der Waals surface area contributed by atoms with Crippen LogP contribution in [0.15, 0.2) is 59.2 Å². The monoisotopic (exact) mass is 492 g/mol. The highest BCUT2D eigenvalue weighted by Gasteiger charge is 2.38. The molecule has 3 N–H and O–H groups in total. The van der Waals surface area contributed by atoms with Crippen molar-refractivity contribution in [1.82, 2.24) is 14.9 Å². The SMILES string of the molecule is O=C(O)C(F)(F)F.O=C(O)c1cccc(NC2CCN(Cc3coc(-c4ccccc4)n3)CC2)n1. The Labute approximate surface area is 198 Å². The fourth-order valence-corrected chi connectivity index (χ4v) is 3.40. The largest absolute Gasteiger partial charge is 0.490 e. The van der Waals surface area contributed by atoms with Crippen molar-refractivity contribution in [3.8, 4) is 11.5 Å². The van der Waals surface area contributed by atoms with Gasteiger partial charge in [-0.15, -0.1) is 0 Å². The van der Waals surface area contributed by atoms with Gasteiger partial charge < -0.3 is 19.9 Å². The van der Waals surface area contributed by atoms with Gasteiger partial charge in [-0.1, -0.05) is 24.3 Å². The molecular formula is C23H23F3N4O5. The van der Waals surface area contributed by atoms with Gasteiger partial charge in [0.25, 0.3) is 0 Å². The third-order valence-corrected chi connectivity index (χ3v) is 5.11.